The van der Waals surface area contributed by atoms with E-state index in [9.17, 15) is 14.7 Å². The largest absolute Gasteiger partial charge is 0.413 e. The van der Waals surface area contributed by atoms with Crippen molar-refractivity contribution < 1.29 is 38.0 Å². The van der Waals surface area contributed by atoms with Gasteiger partial charge in [0.15, 0.2) is 43.8 Å². The molecule has 0 aromatic carbocycles. The fourth-order valence-electron chi connectivity index (χ4n) is 9.41. The fraction of sp³-hybridized carbons (Fsp3) is 0.750. The van der Waals surface area contributed by atoms with Gasteiger partial charge in [-0.25, -0.2) is 19.7 Å². The van der Waals surface area contributed by atoms with E-state index in [0.29, 0.717) is 33.5 Å². The third-order valence-electron chi connectivity index (χ3n) is 11.4. The number of rotatable bonds is 12. The third kappa shape index (κ3) is 6.76. The normalized spacial score (nSPS) is 30.9. The number of aliphatic hydroxyl groups is 1. The van der Waals surface area contributed by atoms with Gasteiger partial charge < -0.3 is 43.7 Å². The molecule has 3 aromatic rings. The van der Waals surface area contributed by atoms with E-state index in [1.807, 2.05) is 13.8 Å². The van der Waals surface area contributed by atoms with Crippen molar-refractivity contribution in [2.24, 2.45) is 0 Å². The van der Waals surface area contributed by atoms with Gasteiger partial charge in [0.1, 0.15) is 48.5 Å². The van der Waals surface area contributed by atoms with Gasteiger partial charge in [-0.15, -0.1) is 0 Å². The summed E-state index contributed by atoms with van der Waals surface area (Å²) in [5.41, 5.74) is 7.12. The van der Waals surface area contributed by atoms with Crippen LogP contribution < -0.4 is 17.0 Å². The minimum Gasteiger partial charge on any atom is -0.413 e. The van der Waals surface area contributed by atoms with E-state index in [-0.39, 0.29) is 25.3 Å². The van der Waals surface area contributed by atoms with Crippen molar-refractivity contribution in [2.45, 2.75) is 165 Å². The van der Waals surface area contributed by atoms with Crippen LogP contribution >= 0.6 is 0 Å². The second kappa shape index (κ2) is 14.1. The summed E-state index contributed by atoms with van der Waals surface area (Å²) in [6.45, 7) is 20.9. The quantitative estimate of drug-likeness (QED) is 0.226. The van der Waals surface area contributed by atoms with Crippen molar-refractivity contribution in [3.05, 3.63) is 45.3 Å². The summed E-state index contributed by atoms with van der Waals surface area (Å²) in [6, 6.07) is 1.35. The van der Waals surface area contributed by atoms with Crippen LogP contribution in [0.1, 0.15) is 93.8 Å². The molecule has 4 aliphatic heterocycles. The molecule has 0 spiro atoms. The molecule has 4 saturated heterocycles. The number of imidazole rings is 1. The molecule has 0 unspecified atom stereocenters. The van der Waals surface area contributed by atoms with Crippen molar-refractivity contribution in [3.8, 4) is 0 Å². The zero-order valence-corrected chi connectivity index (χ0v) is 33.7. The van der Waals surface area contributed by atoms with E-state index in [4.69, 9.17) is 38.6 Å². The average molecular weight is 774 g/mol. The second-order valence-corrected chi connectivity index (χ2v) is 22.3. The number of hydrogen-bond donors (Lipinski definition) is 3. The summed E-state index contributed by atoms with van der Waals surface area (Å²) in [5.74, 6) is -1.67. The first kappa shape index (κ1) is 39.2. The predicted molar refractivity (Wildman–Crippen MR) is 198 cm³/mol. The van der Waals surface area contributed by atoms with Gasteiger partial charge in [0.05, 0.1) is 19.0 Å². The van der Waals surface area contributed by atoms with Gasteiger partial charge in [0.25, 0.3) is 5.56 Å². The Bertz CT molecular complexity index is 1940. The topological polar surface area (TPSA) is 209 Å². The minimum atomic E-state index is -2.27. The number of nitrogens with zero attached hydrogens (tertiary/aromatic N) is 5. The maximum Gasteiger partial charge on any atom is 0.330 e. The lowest BCUT2D eigenvalue weighted by Crippen LogP contribution is -2.50. The van der Waals surface area contributed by atoms with Gasteiger partial charge in [0.2, 0.25) is 0 Å². The highest BCUT2D eigenvalue weighted by Crippen LogP contribution is 2.47. The molecular formula is C36H55N7O10Si. The molecule has 18 heteroatoms. The first-order valence-corrected chi connectivity index (χ1v) is 21.1. The number of nitrogen functional groups attached to an aromatic ring is 1. The van der Waals surface area contributed by atoms with Gasteiger partial charge in [-0.1, -0.05) is 41.5 Å². The Morgan fingerprint density at radius 1 is 0.889 bits per heavy atom. The Hall–Kier alpha value is -3.07. The van der Waals surface area contributed by atoms with Crippen molar-refractivity contribution in [3.63, 3.8) is 0 Å². The molecule has 0 radical (unpaired) electrons. The molecule has 9 atom stereocenters. The fourth-order valence-corrected chi connectivity index (χ4v) is 14.9. The summed E-state index contributed by atoms with van der Waals surface area (Å²) >= 11 is 0. The molecular weight excluding hydrogens is 719 g/mol. The molecule has 0 aliphatic carbocycles. The molecule has 54 heavy (non-hydrogen) atoms. The smallest absolute Gasteiger partial charge is 0.330 e. The maximum absolute atomic E-state index is 13.7. The zero-order chi connectivity index (χ0) is 39.1. The Morgan fingerprint density at radius 3 is 2.15 bits per heavy atom. The van der Waals surface area contributed by atoms with Crippen LogP contribution in [0, 0.1) is 0 Å². The standard InChI is InChI=1S/C36H55N7O10Si/c1-17(2)54(18(3)4,19(5)6)47-14-22-26-28(52-35(7,8)50-26)33(48-22)43-20(13-23(45)41-34(43)46)11-12-21(44)25-27-29(53-36(9,10)51-27)32(49-25)42-16-40-24-30(37)38-15-39-31(24)42/h13,15-19,21-22,25-29,32-33,44H,11-12,14H2,1-10H3,(H2,37,38,39)(H,41,45,46)/t21-,22-,25-,26-,27-,28-,29-,32-,33-/m1/s1. The van der Waals surface area contributed by atoms with Gasteiger partial charge in [0, 0.05) is 11.8 Å². The molecule has 17 nitrogen and oxygen atoms in total. The van der Waals surface area contributed by atoms with E-state index >= 15 is 0 Å². The summed E-state index contributed by atoms with van der Waals surface area (Å²) in [7, 11) is -2.27. The number of aliphatic hydroxyl groups excluding tert-OH is 1. The van der Waals surface area contributed by atoms with Crippen LogP contribution in [0.5, 0.6) is 0 Å². The summed E-state index contributed by atoms with van der Waals surface area (Å²) in [4.78, 5) is 41.6. The summed E-state index contributed by atoms with van der Waals surface area (Å²) in [5, 5.41) is 11.7. The molecule has 0 saturated carbocycles. The molecule has 0 amide bonds. The Kier molecular flexibility index (Phi) is 10.3. The highest BCUT2D eigenvalue weighted by molar-refractivity contribution is 6.77. The van der Waals surface area contributed by atoms with Gasteiger partial charge in [-0.2, -0.15) is 0 Å². The molecule has 4 aliphatic rings. The highest BCUT2D eigenvalue weighted by atomic mass is 28.4. The van der Waals surface area contributed by atoms with Gasteiger partial charge >= 0.3 is 5.69 Å². The van der Waals surface area contributed by atoms with Crippen LogP contribution in [0.4, 0.5) is 5.82 Å². The maximum atomic E-state index is 13.7. The number of ether oxygens (including phenoxy) is 6. The molecule has 0 bridgehead atoms. The van der Waals surface area contributed by atoms with E-state index in [1.165, 1.54) is 17.0 Å². The summed E-state index contributed by atoms with van der Waals surface area (Å²) < 4.78 is 48.4. The lowest BCUT2D eigenvalue weighted by atomic mass is 10.0. The van der Waals surface area contributed by atoms with Crippen molar-refractivity contribution in [1.82, 2.24) is 29.1 Å². The minimum absolute atomic E-state index is 0.106. The molecule has 7 rings (SSSR count). The van der Waals surface area contributed by atoms with Crippen molar-refractivity contribution in [1.29, 1.82) is 0 Å². The number of aryl methyl sites for hydroxylation is 1. The van der Waals surface area contributed by atoms with E-state index < -0.39 is 86.3 Å². The molecule has 3 aromatic heterocycles. The average Bonchev–Trinajstić information content (AvgIpc) is 3.85. The van der Waals surface area contributed by atoms with Crippen LogP contribution in [0.2, 0.25) is 16.6 Å². The molecule has 4 N–H and O–H groups in total. The van der Waals surface area contributed by atoms with Crippen LogP contribution in [0.25, 0.3) is 11.2 Å². The number of aromatic nitrogens is 6. The van der Waals surface area contributed by atoms with Crippen molar-refractivity contribution in [2.75, 3.05) is 12.3 Å². The van der Waals surface area contributed by atoms with Crippen LogP contribution in [0.15, 0.2) is 28.3 Å². The lowest BCUT2D eigenvalue weighted by Gasteiger charge is -2.43. The Morgan fingerprint density at radius 2 is 1.50 bits per heavy atom. The number of H-pyrrole nitrogens is 1. The number of anilines is 1. The Balaban J connectivity index is 1.14. The molecule has 298 valence electrons. The number of nitrogens with two attached hydrogens (primary N) is 1. The molecule has 4 fully saturated rings. The number of nitrogens with one attached hydrogen (secondary N) is 1. The van der Waals surface area contributed by atoms with Gasteiger partial charge in [-0.3, -0.25) is 18.9 Å². The summed E-state index contributed by atoms with van der Waals surface area (Å²) in [6.07, 6.45) is -3.47. The number of fused-ring (bicyclic) bond motifs is 3. The molecule has 7 heterocycles. The Labute approximate surface area is 314 Å². The predicted octanol–water partition coefficient (Wildman–Crippen LogP) is 3.28. The van der Waals surface area contributed by atoms with Crippen LogP contribution in [0.3, 0.4) is 0 Å². The SMILES string of the molecule is CC(C)[Si](OC[C@H]1O[C@@H](n2c(CC[C@@H](O)[C@H]3O[C@@H](n4cnc5c(N)ncnc54)[C@@H]4OC(C)(C)O[C@@H]43)cc(=O)[nH]c2=O)[C@@H]2OC(C)(C)O[C@@H]21)(C(C)C)C(C)C. The first-order valence-electron chi connectivity index (χ1n) is 19.0. The van der Waals surface area contributed by atoms with E-state index in [1.54, 1.807) is 24.7 Å². The third-order valence-corrected chi connectivity index (χ3v) is 17.5. The second-order valence-electron chi connectivity index (χ2n) is 16.8. The van der Waals surface area contributed by atoms with E-state index in [2.05, 4.69) is 61.5 Å². The zero-order valence-electron chi connectivity index (χ0n) is 32.7. The van der Waals surface area contributed by atoms with Gasteiger partial charge in [-0.05, 0) is 57.2 Å². The highest BCUT2D eigenvalue weighted by Gasteiger charge is 2.59. The van der Waals surface area contributed by atoms with Crippen LogP contribution in [-0.2, 0) is 39.3 Å². The lowest BCUT2D eigenvalue weighted by molar-refractivity contribution is -0.207. The van der Waals surface area contributed by atoms with Crippen LogP contribution in [-0.4, -0.2) is 103 Å². The number of hydrogen-bond acceptors (Lipinski definition) is 14. The van der Waals surface area contributed by atoms with E-state index in [0.717, 1.165) is 0 Å². The first-order chi connectivity index (χ1) is 25.3. The van der Waals surface area contributed by atoms with Crippen molar-refractivity contribution >= 4 is 25.3 Å². The monoisotopic (exact) mass is 773 g/mol. The number of aromatic amines is 1.